The Hall–Kier alpha value is -3.29. The van der Waals surface area contributed by atoms with Gasteiger partial charge in [-0.3, -0.25) is 4.79 Å². The van der Waals surface area contributed by atoms with Crippen molar-refractivity contribution in [1.29, 1.82) is 0 Å². The van der Waals surface area contributed by atoms with E-state index in [0.717, 1.165) is 10.7 Å². The highest BCUT2D eigenvalue weighted by Gasteiger charge is 2.13. The van der Waals surface area contributed by atoms with Gasteiger partial charge in [-0.15, -0.1) is 0 Å². The van der Waals surface area contributed by atoms with Crippen LogP contribution in [0.25, 0.3) is 0 Å². The summed E-state index contributed by atoms with van der Waals surface area (Å²) in [6.07, 6.45) is 5.44. The molecule has 1 atom stereocenters. The lowest BCUT2D eigenvalue weighted by molar-refractivity contribution is 0.0939. The summed E-state index contributed by atoms with van der Waals surface area (Å²) in [7, 11) is 0. The molecule has 0 aliphatic rings. The van der Waals surface area contributed by atoms with E-state index in [1.807, 2.05) is 43.3 Å². The molecule has 0 aliphatic heterocycles. The molecule has 0 bridgehead atoms. The van der Waals surface area contributed by atoms with Crippen molar-refractivity contribution < 1.29 is 13.9 Å². The Bertz CT molecular complexity index is 1170. The van der Waals surface area contributed by atoms with Crippen molar-refractivity contribution in [3.63, 3.8) is 0 Å². The van der Waals surface area contributed by atoms with Gasteiger partial charge in [0, 0.05) is 40.3 Å². The van der Waals surface area contributed by atoms with Gasteiger partial charge in [0.25, 0.3) is 11.8 Å². The number of amides is 1. The molecule has 6 nitrogen and oxygen atoms in total. The van der Waals surface area contributed by atoms with Gasteiger partial charge in [-0.1, -0.05) is 23.4 Å². The van der Waals surface area contributed by atoms with Crippen LogP contribution >= 0.6 is 23.4 Å². The number of furan rings is 1. The summed E-state index contributed by atoms with van der Waals surface area (Å²) in [5, 5.41) is 4.27. The average molecular weight is 466 g/mol. The third-order valence-electron chi connectivity index (χ3n) is 4.46. The molecule has 0 saturated heterocycles. The Labute approximate surface area is 195 Å². The number of carbonyl (C=O) groups excluding carboxylic acids is 1. The largest absolute Gasteiger partial charge is 0.469 e. The normalized spacial score (nSPS) is 11.7. The topological polar surface area (TPSA) is 77.2 Å². The second-order valence-corrected chi connectivity index (χ2v) is 8.51. The van der Waals surface area contributed by atoms with Crippen LogP contribution in [-0.4, -0.2) is 21.9 Å². The number of nitrogens with zero attached hydrogens (tertiary/aromatic N) is 2. The zero-order valence-electron chi connectivity index (χ0n) is 17.2. The zero-order chi connectivity index (χ0) is 22.3. The Balaban J connectivity index is 1.39. The number of nitrogens with one attached hydrogen (secondary N) is 1. The van der Waals surface area contributed by atoms with E-state index in [4.69, 9.17) is 20.8 Å². The summed E-state index contributed by atoms with van der Waals surface area (Å²) in [5.41, 5.74) is 0.540. The third kappa shape index (κ3) is 5.90. The van der Waals surface area contributed by atoms with Gasteiger partial charge in [-0.25, -0.2) is 9.97 Å². The second-order valence-electron chi connectivity index (χ2n) is 7.01. The summed E-state index contributed by atoms with van der Waals surface area (Å²) < 4.78 is 11.3. The number of hydrogen-bond donors (Lipinski definition) is 1. The molecule has 0 fully saturated rings. The lowest BCUT2D eigenvalue weighted by Crippen LogP contribution is -2.33. The molecule has 0 unspecified atom stereocenters. The van der Waals surface area contributed by atoms with Gasteiger partial charge in [0.2, 0.25) is 0 Å². The molecule has 2 heterocycles. The van der Waals surface area contributed by atoms with Crippen molar-refractivity contribution in [2.24, 2.45) is 0 Å². The van der Waals surface area contributed by atoms with E-state index in [1.54, 1.807) is 42.9 Å². The van der Waals surface area contributed by atoms with Crippen molar-refractivity contribution in [2.75, 3.05) is 0 Å². The highest BCUT2D eigenvalue weighted by Crippen LogP contribution is 2.34. The fourth-order valence-electron chi connectivity index (χ4n) is 2.94. The maximum absolute atomic E-state index is 12.5. The summed E-state index contributed by atoms with van der Waals surface area (Å²) in [6.45, 7) is 1.94. The maximum Gasteiger partial charge on any atom is 0.252 e. The predicted octanol–water partition coefficient (Wildman–Crippen LogP) is 6.03. The zero-order valence-corrected chi connectivity index (χ0v) is 18.8. The monoisotopic (exact) mass is 465 g/mol. The molecule has 0 aliphatic carbocycles. The Morgan fingerprint density at radius 3 is 2.56 bits per heavy atom. The quantitative estimate of drug-likeness (QED) is 0.342. The Morgan fingerprint density at radius 2 is 1.84 bits per heavy atom. The Morgan fingerprint density at radius 1 is 1.09 bits per heavy atom. The molecule has 8 heteroatoms. The summed E-state index contributed by atoms with van der Waals surface area (Å²) in [6, 6.07) is 18.0. The van der Waals surface area contributed by atoms with Crippen LogP contribution in [0.5, 0.6) is 11.6 Å². The number of carbonyl (C=O) groups is 1. The van der Waals surface area contributed by atoms with E-state index in [2.05, 4.69) is 15.3 Å². The van der Waals surface area contributed by atoms with Gasteiger partial charge >= 0.3 is 0 Å². The van der Waals surface area contributed by atoms with Crippen molar-refractivity contribution in [1.82, 2.24) is 15.3 Å². The first-order valence-electron chi connectivity index (χ1n) is 9.92. The molecule has 2 aromatic carbocycles. The van der Waals surface area contributed by atoms with E-state index >= 15 is 0 Å². The van der Waals surface area contributed by atoms with Crippen molar-refractivity contribution in [2.45, 2.75) is 29.3 Å². The number of benzene rings is 2. The van der Waals surface area contributed by atoms with Crippen molar-refractivity contribution in [3.8, 4) is 11.6 Å². The van der Waals surface area contributed by atoms with Gasteiger partial charge in [0.1, 0.15) is 11.5 Å². The minimum atomic E-state index is -0.158. The first-order chi connectivity index (χ1) is 15.6. The fraction of sp³-hybridized carbons (Fsp3) is 0.125. The van der Waals surface area contributed by atoms with Gasteiger partial charge in [0.15, 0.2) is 5.03 Å². The van der Waals surface area contributed by atoms with E-state index in [1.165, 1.54) is 11.8 Å². The van der Waals surface area contributed by atoms with Crippen LogP contribution in [0.15, 0.2) is 93.7 Å². The van der Waals surface area contributed by atoms with E-state index < -0.39 is 0 Å². The highest BCUT2D eigenvalue weighted by atomic mass is 35.5. The molecule has 0 saturated carbocycles. The number of ether oxygens (including phenoxy) is 1. The maximum atomic E-state index is 12.5. The molecule has 0 spiro atoms. The fourth-order valence-corrected chi connectivity index (χ4v) is 3.86. The summed E-state index contributed by atoms with van der Waals surface area (Å²) in [5.74, 6) is 1.62. The first kappa shape index (κ1) is 21.9. The van der Waals surface area contributed by atoms with E-state index in [-0.39, 0.29) is 11.9 Å². The lowest BCUT2D eigenvalue weighted by atomic mass is 10.1. The number of rotatable bonds is 8. The van der Waals surface area contributed by atoms with Crippen LogP contribution in [0.4, 0.5) is 0 Å². The SMILES string of the molecule is C[C@H](Cc1ccco1)NC(=O)c1ccc(Oc2nccnc2Sc2ccc(Cl)cc2)cc1. The van der Waals surface area contributed by atoms with Crippen molar-refractivity contribution in [3.05, 3.63) is 95.7 Å². The second kappa shape index (κ2) is 10.3. The minimum Gasteiger partial charge on any atom is -0.469 e. The van der Waals surface area contributed by atoms with Gasteiger partial charge in [-0.05, 0) is 67.6 Å². The number of halogens is 1. The Kier molecular flexibility index (Phi) is 7.09. The molecule has 4 aromatic rings. The average Bonchev–Trinajstić information content (AvgIpc) is 3.30. The molecule has 1 N–H and O–H groups in total. The molecular weight excluding hydrogens is 446 g/mol. The number of hydrogen-bond acceptors (Lipinski definition) is 6. The van der Waals surface area contributed by atoms with Crippen LogP contribution in [0, 0.1) is 0 Å². The van der Waals surface area contributed by atoms with Crippen LogP contribution in [0.2, 0.25) is 5.02 Å². The van der Waals surface area contributed by atoms with Crippen molar-refractivity contribution >= 4 is 29.3 Å². The smallest absolute Gasteiger partial charge is 0.252 e. The first-order valence-corrected chi connectivity index (χ1v) is 11.1. The standard InChI is InChI=1S/C24H20ClN3O3S/c1-16(15-20-3-2-14-30-20)28-22(29)17-4-8-19(9-5-17)31-23-24(27-13-12-26-23)32-21-10-6-18(25)7-11-21/h2-14,16H,15H2,1H3,(H,28,29)/t16-/m1/s1. The molecule has 2 aromatic heterocycles. The minimum absolute atomic E-state index is 0.0587. The van der Waals surface area contributed by atoms with Gasteiger partial charge < -0.3 is 14.5 Å². The van der Waals surface area contributed by atoms with Crippen LogP contribution in [0.3, 0.4) is 0 Å². The third-order valence-corrected chi connectivity index (χ3v) is 5.69. The molecule has 32 heavy (non-hydrogen) atoms. The molecule has 1 amide bonds. The summed E-state index contributed by atoms with van der Waals surface area (Å²) >= 11 is 7.38. The highest BCUT2D eigenvalue weighted by molar-refractivity contribution is 7.99. The lowest BCUT2D eigenvalue weighted by Gasteiger charge is -2.13. The van der Waals surface area contributed by atoms with Gasteiger partial charge in [0.05, 0.1) is 6.26 Å². The molecule has 0 radical (unpaired) electrons. The molecule has 4 rings (SSSR count). The molecular formula is C24H20ClN3O3S. The molecule has 162 valence electrons. The van der Waals surface area contributed by atoms with E-state index in [0.29, 0.717) is 33.7 Å². The van der Waals surface area contributed by atoms with E-state index in [9.17, 15) is 4.79 Å². The van der Waals surface area contributed by atoms with Crippen LogP contribution in [-0.2, 0) is 6.42 Å². The summed E-state index contributed by atoms with van der Waals surface area (Å²) in [4.78, 5) is 22.2. The van der Waals surface area contributed by atoms with Gasteiger partial charge in [-0.2, -0.15) is 0 Å². The van der Waals surface area contributed by atoms with Crippen LogP contribution in [0.1, 0.15) is 23.0 Å². The predicted molar refractivity (Wildman–Crippen MR) is 123 cm³/mol. The number of aromatic nitrogens is 2. The van der Waals surface area contributed by atoms with Crippen LogP contribution < -0.4 is 10.1 Å².